The molecule has 2 rings (SSSR count). The Bertz CT molecular complexity index is 737. The Kier molecular flexibility index (Phi) is 6.16. The number of carboxylic acid groups (broad SMARTS) is 1. The molecule has 0 amide bonds. The molecule has 4 nitrogen and oxygen atoms in total. The van der Waals surface area contributed by atoms with Gasteiger partial charge in [0.25, 0.3) is 0 Å². The summed E-state index contributed by atoms with van der Waals surface area (Å²) < 4.78 is 5.57. The second-order valence-electron chi connectivity index (χ2n) is 7.17. The van der Waals surface area contributed by atoms with Gasteiger partial charge in [0.05, 0.1) is 6.23 Å². The molecular weight excluding hydrogens is 344 g/mol. The number of hydrogen-bond acceptors (Lipinski definition) is 3. The maximum atomic E-state index is 12.0. The van der Waals surface area contributed by atoms with Crippen molar-refractivity contribution in [2.45, 2.75) is 25.8 Å². The molecule has 0 fully saturated rings. The van der Waals surface area contributed by atoms with E-state index < -0.39 is 20.0 Å². The predicted octanol–water partition coefficient (Wildman–Crippen LogP) is 2.77. The van der Waals surface area contributed by atoms with E-state index in [1.54, 1.807) is 0 Å². The molecule has 0 heterocycles. The van der Waals surface area contributed by atoms with Crippen LogP contribution in [0.2, 0.25) is 5.04 Å². The Morgan fingerprint density at radius 3 is 1.77 bits per heavy atom. The zero-order valence-corrected chi connectivity index (χ0v) is 16.3. The first-order valence-corrected chi connectivity index (χ1v) is 10.7. The van der Waals surface area contributed by atoms with Gasteiger partial charge >= 0.3 is 11.9 Å². The Morgan fingerprint density at radius 1 is 0.923 bits per heavy atom. The second-order valence-corrected chi connectivity index (χ2v) is 11.9. The summed E-state index contributed by atoms with van der Waals surface area (Å²) >= 11 is 0. The monoisotopic (exact) mass is 368 g/mol. The van der Waals surface area contributed by atoms with Gasteiger partial charge < -0.3 is 9.84 Å². The lowest BCUT2D eigenvalue weighted by Crippen LogP contribution is -2.67. The summed E-state index contributed by atoms with van der Waals surface area (Å²) in [5.41, 5.74) is 0. The zero-order chi connectivity index (χ0) is 19.2. The maximum absolute atomic E-state index is 12.0. The van der Waals surface area contributed by atoms with Crippen molar-refractivity contribution in [2.24, 2.45) is 0 Å². The van der Waals surface area contributed by atoms with Crippen LogP contribution >= 0.6 is 0 Å². The molecule has 0 saturated carbocycles. The smallest absolute Gasteiger partial charge is 0.330 e. The van der Waals surface area contributed by atoms with Crippen molar-refractivity contribution in [3.63, 3.8) is 0 Å². The van der Waals surface area contributed by atoms with Crippen LogP contribution in [0.25, 0.3) is 0 Å². The van der Waals surface area contributed by atoms with Crippen molar-refractivity contribution in [3.05, 3.63) is 72.8 Å². The zero-order valence-electron chi connectivity index (χ0n) is 15.3. The third kappa shape index (κ3) is 4.29. The lowest BCUT2D eigenvalue weighted by Gasteiger charge is -2.43. The van der Waals surface area contributed by atoms with Gasteiger partial charge in [0.15, 0.2) is 8.07 Å². The quantitative estimate of drug-likeness (QED) is 0.484. The minimum absolute atomic E-state index is 0.132. The molecule has 0 bridgehead atoms. The highest BCUT2D eigenvalue weighted by atomic mass is 28.3. The number of esters is 1. The molecule has 0 spiro atoms. The first-order chi connectivity index (χ1) is 12.3. The molecule has 2 aromatic rings. The highest BCUT2D eigenvalue weighted by Crippen LogP contribution is 2.36. The maximum Gasteiger partial charge on any atom is 0.330 e. The molecule has 0 saturated heterocycles. The van der Waals surface area contributed by atoms with Crippen LogP contribution in [-0.4, -0.2) is 31.3 Å². The summed E-state index contributed by atoms with van der Waals surface area (Å²) in [6.07, 6.45) is 2.00. The molecular formula is C21H24O4Si. The van der Waals surface area contributed by atoms with Gasteiger partial charge in [-0.2, -0.15) is 0 Å². The molecule has 0 aliphatic rings. The number of aliphatic carboxylic acids is 1. The summed E-state index contributed by atoms with van der Waals surface area (Å²) in [4.78, 5) is 22.7. The van der Waals surface area contributed by atoms with Gasteiger partial charge in [-0.15, -0.1) is 0 Å². The van der Waals surface area contributed by atoms with Crippen LogP contribution in [0.4, 0.5) is 0 Å². The molecule has 0 unspecified atom stereocenters. The highest BCUT2D eigenvalue weighted by Gasteiger charge is 2.48. The fourth-order valence-electron chi connectivity index (χ4n) is 3.23. The summed E-state index contributed by atoms with van der Waals surface area (Å²) in [5, 5.41) is 10.9. The van der Waals surface area contributed by atoms with Gasteiger partial charge in [0.1, 0.15) is 0 Å². The fourth-order valence-corrected chi connectivity index (χ4v) is 7.94. The Hall–Kier alpha value is -2.66. The van der Waals surface area contributed by atoms with Gasteiger partial charge in [0.2, 0.25) is 0 Å². The Morgan fingerprint density at radius 2 is 1.38 bits per heavy atom. The van der Waals surface area contributed by atoms with Crippen LogP contribution in [0.15, 0.2) is 72.8 Å². The SMILES string of the molecule is CC(C)(C)[Si](COC(=O)/C=C/C(=O)O)(c1ccccc1)c1ccccc1. The molecule has 2 aromatic carbocycles. The molecule has 1 N–H and O–H groups in total. The van der Waals surface area contributed by atoms with E-state index in [0.717, 1.165) is 12.2 Å². The van der Waals surface area contributed by atoms with Crippen molar-refractivity contribution in [2.75, 3.05) is 6.23 Å². The van der Waals surface area contributed by atoms with Crippen LogP contribution in [0.1, 0.15) is 20.8 Å². The summed E-state index contributed by atoms with van der Waals surface area (Å²) in [6.45, 7) is 6.50. The molecule has 0 radical (unpaired) electrons. The van der Waals surface area contributed by atoms with E-state index in [9.17, 15) is 9.59 Å². The van der Waals surface area contributed by atoms with Crippen molar-refractivity contribution < 1.29 is 19.4 Å². The summed E-state index contributed by atoms with van der Waals surface area (Å²) in [7, 11) is -2.49. The normalized spacial score (nSPS) is 12.1. The third-order valence-corrected chi connectivity index (χ3v) is 10.4. The van der Waals surface area contributed by atoms with Crippen LogP contribution in [0.3, 0.4) is 0 Å². The van der Waals surface area contributed by atoms with E-state index in [-0.39, 0.29) is 11.3 Å². The van der Waals surface area contributed by atoms with Gasteiger partial charge in [-0.05, 0) is 15.4 Å². The number of rotatable bonds is 6. The summed E-state index contributed by atoms with van der Waals surface area (Å²) in [6, 6.07) is 20.3. The molecule has 0 aliphatic heterocycles. The average Bonchev–Trinajstić information content (AvgIpc) is 2.61. The van der Waals surface area contributed by atoms with Crippen LogP contribution < -0.4 is 10.4 Å². The average molecular weight is 369 g/mol. The van der Waals surface area contributed by atoms with Crippen LogP contribution in [0, 0.1) is 0 Å². The van der Waals surface area contributed by atoms with E-state index in [1.807, 2.05) is 36.4 Å². The lowest BCUT2D eigenvalue weighted by molar-refractivity contribution is -0.137. The molecule has 5 heteroatoms. The van der Waals surface area contributed by atoms with Crippen molar-refractivity contribution in [3.8, 4) is 0 Å². The fraction of sp³-hybridized carbons (Fsp3) is 0.238. The molecule has 0 atom stereocenters. The lowest BCUT2D eigenvalue weighted by atomic mass is 10.2. The summed E-state index contributed by atoms with van der Waals surface area (Å²) in [5.74, 6) is -1.81. The van der Waals surface area contributed by atoms with Crippen LogP contribution in [-0.2, 0) is 14.3 Å². The molecule has 0 aromatic heterocycles. The van der Waals surface area contributed by atoms with Gasteiger partial charge in [0, 0.05) is 12.2 Å². The van der Waals surface area contributed by atoms with E-state index in [1.165, 1.54) is 10.4 Å². The number of benzene rings is 2. The van der Waals surface area contributed by atoms with Gasteiger partial charge in [-0.25, -0.2) is 9.59 Å². The Labute approximate surface area is 155 Å². The minimum Gasteiger partial charge on any atom is -0.478 e. The van der Waals surface area contributed by atoms with Gasteiger partial charge in [-0.1, -0.05) is 81.4 Å². The minimum atomic E-state index is -2.49. The number of hydrogen-bond donors (Lipinski definition) is 1. The third-order valence-electron chi connectivity index (χ3n) is 4.61. The topological polar surface area (TPSA) is 63.6 Å². The number of carbonyl (C=O) groups is 2. The molecule has 0 aliphatic carbocycles. The molecule has 136 valence electrons. The van der Waals surface area contributed by atoms with Crippen molar-refractivity contribution in [1.82, 2.24) is 0 Å². The predicted molar refractivity (Wildman–Crippen MR) is 105 cm³/mol. The van der Waals surface area contributed by atoms with E-state index in [4.69, 9.17) is 9.84 Å². The Balaban J connectivity index is 2.51. The van der Waals surface area contributed by atoms with Crippen molar-refractivity contribution >= 4 is 30.4 Å². The first-order valence-electron chi connectivity index (χ1n) is 8.46. The number of carboxylic acids is 1. The van der Waals surface area contributed by atoms with E-state index in [0.29, 0.717) is 0 Å². The second kappa shape index (κ2) is 8.14. The number of ether oxygens (including phenoxy) is 1. The van der Waals surface area contributed by atoms with Crippen molar-refractivity contribution in [1.29, 1.82) is 0 Å². The van der Waals surface area contributed by atoms with E-state index >= 15 is 0 Å². The van der Waals surface area contributed by atoms with E-state index in [2.05, 4.69) is 45.0 Å². The largest absolute Gasteiger partial charge is 0.478 e. The van der Waals surface area contributed by atoms with Crippen LogP contribution in [0.5, 0.6) is 0 Å². The number of carbonyl (C=O) groups excluding carboxylic acids is 1. The standard InChI is InChI=1S/C21H24O4Si/c1-21(2,3)26(17-10-6-4-7-11-17,18-12-8-5-9-13-18)16-25-20(24)15-14-19(22)23/h4-15H,16H2,1-3H3,(H,22,23)/b15-14+. The first kappa shape index (κ1) is 19.7. The molecule has 26 heavy (non-hydrogen) atoms. The highest BCUT2D eigenvalue weighted by molar-refractivity contribution is 7.04. The van der Waals surface area contributed by atoms with Gasteiger partial charge in [-0.3, -0.25) is 0 Å².